The first-order valence-corrected chi connectivity index (χ1v) is 10.1. The van der Waals surface area contributed by atoms with Gasteiger partial charge in [0.05, 0.1) is 12.1 Å². The number of benzene rings is 2. The van der Waals surface area contributed by atoms with E-state index < -0.39 is 0 Å². The Morgan fingerprint density at radius 1 is 1.19 bits per heavy atom. The van der Waals surface area contributed by atoms with Gasteiger partial charge in [0.25, 0.3) is 0 Å². The Kier molecular flexibility index (Phi) is 5.74. The average molecular weight is 418 g/mol. The van der Waals surface area contributed by atoms with E-state index in [9.17, 15) is 14.4 Å². The van der Waals surface area contributed by atoms with Crippen LogP contribution >= 0.6 is 0 Å². The van der Waals surface area contributed by atoms with E-state index in [1.54, 1.807) is 16.7 Å². The molecule has 0 saturated heterocycles. The lowest BCUT2D eigenvalue weighted by atomic mass is 10.2. The van der Waals surface area contributed by atoms with Gasteiger partial charge in [-0.15, -0.1) is 0 Å². The van der Waals surface area contributed by atoms with Crippen molar-refractivity contribution in [3.8, 4) is 17.5 Å². The van der Waals surface area contributed by atoms with Crippen LogP contribution in [0.25, 0.3) is 5.69 Å². The van der Waals surface area contributed by atoms with Crippen molar-refractivity contribution in [3.05, 3.63) is 76.7 Å². The fourth-order valence-electron chi connectivity index (χ4n) is 3.86. The number of aromatic nitrogens is 1. The molecule has 6 nitrogen and oxygen atoms in total. The van der Waals surface area contributed by atoms with Crippen LogP contribution in [0.5, 0.6) is 5.75 Å². The molecule has 2 aromatic carbocycles. The summed E-state index contributed by atoms with van der Waals surface area (Å²) in [6.07, 6.45) is 0. The molecule has 0 aliphatic carbocycles. The summed E-state index contributed by atoms with van der Waals surface area (Å²) in [5, 5.41) is 12.6. The summed E-state index contributed by atoms with van der Waals surface area (Å²) in [5.74, 6) is 0.672. The van der Waals surface area contributed by atoms with Crippen molar-refractivity contribution in [2.75, 3.05) is 25.0 Å². The smallest absolute Gasteiger partial charge is 0.239 e. The van der Waals surface area contributed by atoms with E-state index in [1.165, 1.54) is 12.1 Å². The number of rotatable bonds is 4. The van der Waals surface area contributed by atoms with Crippen LogP contribution in [0.2, 0.25) is 0 Å². The highest BCUT2D eigenvalue weighted by molar-refractivity contribution is 5.93. The Labute approximate surface area is 180 Å². The molecule has 0 unspecified atom stereocenters. The summed E-state index contributed by atoms with van der Waals surface area (Å²) >= 11 is 0. The van der Waals surface area contributed by atoms with E-state index >= 15 is 0 Å². The first-order chi connectivity index (χ1) is 15.0. The number of anilines is 1. The van der Waals surface area contributed by atoms with Gasteiger partial charge in [-0.3, -0.25) is 14.3 Å². The number of nitrogens with one attached hydrogen (secondary N) is 1. The summed E-state index contributed by atoms with van der Waals surface area (Å²) in [5.41, 5.74) is 3.71. The van der Waals surface area contributed by atoms with E-state index in [4.69, 9.17) is 4.74 Å². The fraction of sp³-hybridized carbons (Fsp3) is 0.250. The van der Waals surface area contributed by atoms with Crippen molar-refractivity contribution in [3.63, 3.8) is 0 Å². The molecule has 1 aliphatic rings. The van der Waals surface area contributed by atoms with Crippen molar-refractivity contribution in [1.29, 1.82) is 5.26 Å². The second kappa shape index (κ2) is 8.62. The van der Waals surface area contributed by atoms with Crippen molar-refractivity contribution in [2.24, 2.45) is 0 Å². The summed E-state index contributed by atoms with van der Waals surface area (Å²) < 4.78 is 21.0. The molecule has 2 heterocycles. The average Bonchev–Trinajstić information content (AvgIpc) is 2.89. The minimum absolute atomic E-state index is 0.162. The van der Waals surface area contributed by atoms with Crippen LogP contribution in [-0.4, -0.2) is 35.1 Å². The van der Waals surface area contributed by atoms with E-state index in [0.29, 0.717) is 36.8 Å². The largest absolute Gasteiger partial charge is 0.492 e. The highest BCUT2D eigenvalue weighted by Gasteiger charge is 2.23. The molecular formula is C24H23FN4O2. The lowest BCUT2D eigenvalue weighted by Crippen LogP contribution is -2.34. The number of hydrogen-bond acceptors (Lipinski definition) is 4. The maximum absolute atomic E-state index is 13.4. The van der Waals surface area contributed by atoms with Crippen LogP contribution in [0.4, 0.5) is 10.2 Å². The number of carbonyl (C=O) groups excluding carboxylic acids is 1. The van der Waals surface area contributed by atoms with E-state index in [-0.39, 0.29) is 18.3 Å². The van der Waals surface area contributed by atoms with Crippen molar-refractivity contribution >= 4 is 11.7 Å². The number of amides is 1. The summed E-state index contributed by atoms with van der Waals surface area (Å²) in [4.78, 5) is 15.0. The highest BCUT2D eigenvalue weighted by Crippen LogP contribution is 2.30. The van der Waals surface area contributed by atoms with Crippen LogP contribution in [-0.2, 0) is 11.3 Å². The molecular weight excluding hydrogens is 395 g/mol. The van der Waals surface area contributed by atoms with Crippen LogP contribution in [0.1, 0.15) is 22.4 Å². The topological polar surface area (TPSA) is 70.3 Å². The molecule has 1 aliphatic heterocycles. The van der Waals surface area contributed by atoms with Crippen molar-refractivity contribution < 1.29 is 13.9 Å². The molecule has 3 aromatic rings. The van der Waals surface area contributed by atoms with Gasteiger partial charge in [-0.2, -0.15) is 5.26 Å². The summed E-state index contributed by atoms with van der Waals surface area (Å²) in [7, 11) is 0. The normalized spacial score (nSPS) is 13.6. The molecule has 31 heavy (non-hydrogen) atoms. The Hall–Kier alpha value is -3.63. The zero-order valence-corrected chi connectivity index (χ0v) is 17.5. The molecule has 1 aromatic heterocycles. The Morgan fingerprint density at radius 2 is 1.94 bits per heavy atom. The van der Waals surface area contributed by atoms with Gasteiger partial charge in [0.1, 0.15) is 30.1 Å². The third-order valence-electron chi connectivity index (χ3n) is 5.57. The standard InChI is InChI=1S/C24H23FN4O2/c1-16-17(2)29(20-9-7-19(25)8-10-20)24(21(16)13-26)27-23(30)15-28-11-12-31-22-6-4-3-5-18(22)14-28/h3-10H,11-12,14-15H2,1-2H3,(H,27,30). The van der Waals surface area contributed by atoms with Gasteiger partial charge < -0.3 is 10.1 Å². The Balaban J connectivity index is 1.59. The van der Waals surface area contributed by atoms with Gasteiger partial charge in [0.15, 0.2) is 0 Å². The molecule has 0 saturated carbocycles. The minimum atomic E-state index is -0.347. The van der Waals surface area contributed by atoms with Gasteiger partial charge in [-0.05, 0) is 49.7 Å². The molecule has 0 fully saturated rings. The molecule has 7 heteroatoms. The Morgan fingerprint density at radius 3 is 2.68 bits per heavy atom. The summed E-state index contributed by atoms with van der Waals surface area (Å²) in [6.45, 7) is 5.59. The lowest BCUT2D eigenvalue weighted by Gasteiger charge is -2.19. The van der Waals surface area contributed by atoms with Crippen molar-refractivity contribution in [2.45, 2.75) is 20.4 Å². The van der Waals surface area contributed by atoms with E-state index in [0.717, 1.165) is 22.6 Å². The number of carbonyl (C=O) groups is 1. The number of fused-ring (bicyclic) bond motifs is 1. The van der Waals surface area contributed by atoms with E-state index in [2.05, 4.69) is 11.4 Å². The molecule has 0 atom stereocenters. The zero-order chi connectivity index (χ0) is 22.0. The minimum Gasteiger partial charge on any atom is -0.492 e. The van der Waals surface area contributed by atoms with Gasteiger partial charge in [0.2, 0.25) is 5.91 Å². The number of para-hydroxylation sites is 1. The quantitative estimate of drug-likeness (QED) is 0.697. The van der Waals surface area contributed by atoms with Gasteiger partial charge in [0, 0.05) is 30.0 Å². The van der Waals surface area contributed by atoms with Crippen LogP contribution in [0.15, 0.2) is 48.5 Å². The second-order valence-electron chi connectivity index (χ2n) is 7.57. The molecule has 1 amide bonds. The summed E-state index contributed by atoms with van der Waals surface area (Å²) in [6, 6.07) is 16.0. The maximum atomic E-state index is 13.4. The highest BCUT2D eigenvalue weighted by atomic mass is 19.1. The third-order valence-corrected chi connectivity index (χ3v) is 5.57. The molecule has 1 N–H and O–H groups in total. The number of nitriles is 1. The molecule has 0 bridgehead atoms. The van der Waals surface area contributed by atoms with Gasteiger partial charge in [-0.1, -0.05) is 18.2 Å². The Bertz CT molecular complexity index is 1160. The molecule has 158 valence electrons. The monoisotopic (exact) mass is 418 g/mol. The molecule has 0 radical (unpaired) electrons. The molecule has 0 spiro atoms. The maximum Gasteiger partial charge on any atom is 0.239 e. The first kappa shape index (κ1) is 20.6. The van der Waals surface area contributed by atoms with E-state index in [1.807, 2.05) is 43.0 Å². The predicted octanol–water partition coefficient (Wildman–Crippen LogP) is 3.94. The first-order valence-electron chi connectivity index (χ1n) is 10.1. The SMILES string of the molecule is Cc1c(C#N)c(NC(=O)CN2CCOc3ccccc3C2)n(-c2ccc(F)cc2)c1C. The van der Waals surface area contributed by atoms with Gasteiger partial charge >= 0.3 is 0 Å². The van der Waals surface area contributed by atoms with Crippen molar-refractivity contribution in [1.82, 2.24) is 9.47 Å². The molecule has 4 rings (SSSR count). The van der Waals surface area contributed by atoms with Gasteiger partial charge in [-0.25, -0.2) is 4.39 Å². The number of nitrogens with zero attached hydrogens (tertiary/aromatic N) is 3. The zero-order valence-electron chi connectivity index (χ0n) is 17.5. The number of ether oxygens (including phenoxy) is 1. The predicted molar refractivity (Wildman–Crippen MR) is 116 cm³/mol. The third kappa shape index (κ3) is 4.16. The van der Waals surface area contributed by atoms with Crippen LogP contribution in [0.3, 0.4) is 0 Å². The lowest BCUT2D eigenvalue weighted by molar-refractivity contribution is -0.117. The fourth-order valence-corrected chi connectivity index (χ4v) is 3.86. The van der Waals surface area contributed by atoms with Crippen LogP contribution < -0.4 is 10.1 Å². The number of hydrogen-bond donors (Lipinski definition) is 1. The second-order valence-corrected chi connectivity index (χ2v) is 7.57. The van der Waals surface area contributed by atoms with Crippen LogP contribution in [0, 0.1) is 31.0 Å². The number of halogens is 1.